The fourth-order valence-electron chi connectivity index (χ4n) is 3.01. The first kappa shape index (κ1) is 27.5. The third kappa shape index (κ3) is 8.84. The normalized spacial score (nSPS) is 12.6. The molecular weight excluding hydrogens is 458 g/mol. The molecular formula is C26H38ClNO4S. The zero-order chi connectivity index (χ0) is 24.7. The van der Waals surface area contributed by atoms with Gasteiger partial charge in [0.05, 0.1) is 4.90 Å². The first-order valence-corrected chi connectivity index (χ1v) is 13.5. The van der Waals surface area contributed by atoms with E-state index in [4.69, 9.17) is 21.1 Å². The summed E-state index contributed by atoms with van der Waals surface area (Å²) in [5.41, 5.74) is 0.557. The molecule has 0 amide bonds. The van der Waals surface area contributed by atoms with E-state index in [1.165, 1.54) is 12.1 Å². The highest BCUT2D eigenvalue weighted by Gasteiger charge is 2.21. The van der Waals surface area contributed by atoms with Crippen molar-refractivity contribution in [1.82, 2.24) is 4.72 Å². The van der Waals surface area contributed by atoms with Gasteiger partial charge in [0.15, 0.2) is 0 Å². The Morgan fingerprint density at radius 2 is 1.48 bits per heavy atom. The SMILES string of the molecule is CCC(C)(C)Oc1ccc(CCCCNS(=O)(=O)c2ccc(Cl)cc2)c(OC(C)(C)CC)c1. The molecule has 0 saturated heterocycles. The summed E-state index contributed by atoms with van der Waals surface area (Å²) in [7, 11) is -3.53. The molecule has 0 bridgehead atoms. The number of halogens is 1. The summed E-state index contributed by atoms with van der Waals surface area (Å²) in [5.74, 6) is 1.62. The van der Waals surface area contributed by atoms with E-state index in [1.807, 2.05) is 12.1 Å². The molecule has 2 aromatic carbocycles. The van der Waals surface area contributed by atoms with Gasteiger partial charge in [-0.05, 0) is 95.7 Å². The highest BCUT2D eigenvalue weighted by atomic mass is 35.5. The largest absolute Gasteiger partial charge is 0.488 e. The Balaban J connectivity index is 2.01. The van der Waals surface area contributed by atoms with Crippen LogP contribution >= 0.6 is 11.6 Å². The highest BCUT2D eigenvalue weighted by Crippen LogP contribution is 2.32. The molecule has 1 N–H and O–H groups in total. The Morgan fingerprint density at radius 3 is 2.09 bits per heavy atom. The van der Waals surface area contributed by atoms with Crippen molar-refractivity contribution >= 4 is 21.6 Å². The van der Waals surface area contributed by atoms with Crippen LogP contribution in [0.25, 0.3) is 0 Å². The zero-order valence-electron chi connectivity index (χ0n) is 20.7. The summed E-state index contributed by atoms with van der Waals surface area (Å²) < 4.78 is 40.0. The molecule has 0 aliphatic carbocycles. The van der Waals surface area contributed by atoms with Gasteiger partial charge < -0.3 is 9.47 Å². The maximum absolute atomic E-state index is 12.4. The number of aryl methyl sites for hydroxylation is 1. The van der Waals surface area contributed by atoms with Gasteiger partial charge in [-0.3, -0.25) is 0 Å². The van der Waals surface area contributed by atoms with Crippen LogP contribution in [0, 0.1) is 0 Å². The lowest BCUT2D eigenvalue weighted by molar-refractivity contribution is 0.0952. The van der Waals surface area contributed by atoms with Crippen molar-refractivity contribution in [2.24, 2.45) is 0 Å². The molecule has 184 valence electrons. The maximum atomic E-state index is 12.4. The lowest BCUT2D eigenvalue weighted by Gasteiger charge is -2.29. The molecule has 0 saturated carbocycles. The second-order valence-corrected chi connectivity index (χ2v) is 11.7. The molecule has 0 aliphatic heterocycles. The summed E-state index contributed by atoms with van der Waals surface area (Å²) in [6.45, 7) is 12.9. The summed E-state index contributed by atoms with van der Waals surface area (Å²) in [6, 6.07) is 12.2. The fraction of sp³-hybridized carbons (Fsp3) is 0.538. The van der Waals surface area contributed by atoms with Crippen LogP contribution < -0.4 is 14.2 Å². The molecule has 0 fully saturated rings. The number of rotatable bonds is 13. The van der Waals surface area contributed by atoms with E-state index in [-0.39, 0.29) is 16.1 Å². The first-order valence-electron chi connectivity index (χ1n) is 11.6. The van der Waals surface area contributed by atoms with E-state index in [0.29, 0.717) is 18.0 Å². The van der Waals surface area contributed by atoms with Crippen LogP contribution in [-0.4, -0.2) is 26.2 Å². The molecule has 0 heterocycles. The van der Waals surface area contributed by atoms with Gasteiger partial charge in [0.25, 0.3) is 0 Å². The average Bonchev–Trinajstić information content (AvgIpc) is 2.74. The van der Waals surface area contributed by atoms with E-state index in [1.54, 1.807) is 12.1 Å². The van der Waals surface area contributed by atoms with Crippen LogP contribution in [0.1, 0.15) is 72.8 Å². The van der Waals surface area contributed by atoms with Crippen LogP contribution in [-0.2, 0) is 16.4 Å². The smallest absolute Gasteiger partial charge is 0.240 e. The molecule has 0 aromatic heterocycles. The molecule has 5 nitrogen and oxygen atoms in total. The quantitative estimate of drug-likeness (QED) is 0.311. The molecule has 7 heteroatoms. The summed E-state index contributed by atoms with van der Waals surface area (Å²) in [5, 5.41) is 0.507. The number of unbranched alkanes of at least 4 members (excludes halogenated alkanes) is 1. The molecule has 2 aromatic rings. The van der Waals surface area contributed by atoms with Gasteiger partial charge in [-0.2, -0.15) is 0 Å². The Labute approximate surface area is 204 Å². The van der Waals surface area contributed by atoms with Crippen molar-refractivity contribution < 1.29 is 17.9 Å². The molecule has 0 atom stereocenters. The van der Waals surface area contributed by atoms with Crippen LogP contribution in [0.3, 0.4) is 0 Å². The van der Waals surface area contributed by atoms with Gasteiger partial charge in [0.2, 0.25) is 10.0 Å². The molecule has 0 unspecified atom stereocenters. The summed E-state index contributed by atoms with van der Waals surface area (Å²) in [4.78, 5) is 0.218. The summed E-state index contributed by atoms with van der Waals surface area (Å²) >= 11 is 5.84. The fourth-order valence-corrected chi connectivity index (χ4v) is 4.21. The van der Waals surface area contributed by atoms with Crippen LogP contribution in [0.2, 0.25) is 5.02 Å². The first-order chi connectivity index (χ1) is 15.4. The van der Waals surface area contributed by atoms with E-state index in [9.17, 15) is 8.42 Å². The second-order valence-electron chi connectivity index (χ2n) is 9.51. The number of hydrogen-bond acceptors (Lipinski definition) is 4. The van der Waals surface area contributed by atoms with Gasteiger partial charge in [0, 0.05) is 17.6 Å². The Hall–Kier alpha value is -1.76. The van der Waals surface area contributed by atoms with Crippen LogP contribution in [0.4, 0.5) is 0 Å². The van der Waals surface area contributed by atoms with E-state index < -0.39 is 10.0 Å². The second kappa shape index (κ2) is 11.6. The van der Waals surface area contributed by atoms with Gasteiger partial charge in [-0.15, -0.1) is 0 Å². The minimum Gasteiger partial charge on any atom is -0.488 e. The van der Waals surface area contributed by atoms with E-state index in [2.05, 4.69) is 52.3 Å². The molecule has 0 aliphatic rings. The monoisotopic (exact) mass is 495 g/mol. The Morgan fingerprint density at radius 1 is 0.879 bits per heavy atom. The predicted octanol–water partition coefficient (Wildman–Crippen LogP) is 6.78. The van der Waals surface area contributed by atoms with E-state index in [0.717, 1.165) is 42.7 Å². The molecule has 0 radical (unpaired) electrons. The van der Waals surface area contributed by atoms with Crippen molar-refractivity contribution in [2.75, 3.05) is 6.54 Å². The zero-order valence-corrected chi connectivity index (χ0v) is 22.3. The maximum Gasteiger partial charge on any atom is 0.240 e. The van der Waals surface area contributed by atoms with Gasteiger partial charge in [0.1, 0.15) is 22.7 Å². The third-order valence-electron chi connectivity index (χ3n) is 5.81. The standard InChI is InChI=1S/C26H38ClNO4S/c1-7-25(3,4)31-22-15-12-20(24(19-22)32-26(5,6)8-2)11-9-10-18-28-33(29,30)23-16-13-21(27)14-17-23/h12-17,19,28H,7-11,18H2,1-6H3. The minimum atomic E-state index is -3.53. The summed E-state index contributed by atoms with van der Waals surface area (Å²) in [6.07, 6.45) is 4.11. The molecule has 2 rings (SSSR count). The predicted molar refractivity (Wildman–Crippen MR) is 136 cm³/mol. The molecule has 0 spiro atoms. The lowest BCUT2D eigenvalue weighted by Crippen LogP contribution is -2.28. The average molecular weight is 496 g/mol. The number of nitrogens with one attached hydrogen (secondary N) is 1. The number of sulfonamides is 1. The van der Waals surface area contributed by atoms with Crippen molar-refractivity contribution in [3.05, 3.63) is 53.1 Å². The number of hydrogen-bond donors (Lipinski definition) is 1. The van der Waals surface area contributed by atoms with Crippen molar-refractivity contribution in [3.63, 3.8) is 0 Å². The van der Waals surface area contributed by atoms with Crippen molar-refractivity contribution in [3.8, 4) is 11.5 Å². The van der Waals surface area contributed by atoms with Crippen LogP contribution in [0.15, 0.2) is 47.4 Å². The third-order valence-corrected chi connectivity index (χ3v) is 7.54. The Bertz CT molecular complexity index is 1000. The van der Waals surface area contributed by atoms with Crippen molar-refractivity contribution in [2.45, 2.75) is 89.7 Å². The van der Waals surface area contributed by atoms with Crippen LogP contribution in [0.5, 0.6) is 11.5 Å². The van der Waals surface area contributed by atoms with Gasteiger partial charge in [-0.25, -0.2) is 13.1 Å². The minimum absolute atomic E-state index is 0.218. The van der Waals surface area contributed by atoms with Gasteiger partial charge in [-0.1, -0.05) is 31.5 Å². The number of benzene rings is 2. The van der Waals surface area contributed by atoms with E-state index >= 15 is 0 Å². The highest BCUT2D eigenvalue weighted by molar-refractivity contribution is 7.89. The topological polar surface area (TPSA) is 64.6 Å². The van der Waals surface area contributed by atoms with Gasteiger partial charge >= 0.3 is 0 Å². The molecule has 33 heavy (non-hydrogen) atoms. The lowest BCUT2D eigenvalue weighted by atomic mass is 10.0. The van der Waals surface area contributed by atoms with Crippen molar-refractivity contribution in [1.29, 1.82) is 0 Å². The number of ether oxygens (including phenoxy) is 2. The Kier molecular flexibility index (Phi) is 9.65.